The molecule has 1 heterocycles. The van der Waals surface area contributed by atoms with Crippen LogP contribution in [0.15, 0.2) is 16.6 Å². The van der Waals surface area contributed by atoms with Crippen molar-refractivity contribution >= 4 is 61.9 Å². The van der Waals surface area contributed by atoms with E-state index >= 15 is 0 Å². The predicted octanol–water partition coefficient (Wildman–Crippen LogP) is 4.67. The van der Waals surface area contributed by atoms with Crippen molar-refractivity contribution in [2.45, 2.75) is 6.92 Å². The van der Waals surface area contributed by atoms with Gasteiger partial charge in [-0.25, -0.2) is 0 Å². The van der Waals surface area contributed by atoms with Crippen LogP contribution in [0.3, 0.4) is 0 Å². The maximum absolute atomic E-state index is 6.05. The van der Waals surface area contributed by atoms with E-state index in [1.54, 1.807) is 0 Å². The number of hydrogen-bond donors (Lipinski definition) is 2. The number of aromatic nitrogens is 2. The predicted molar refractivity (Wildman–Crippen MR) is 74.5 cm³/mol. The summed E-state index contributed by atoms with van der Waals surface area (Å²) in [5.41, 5.74) is 1.89. The third-order valence-electron chi connectivity index (χ3n) is 1.93. The molecule has 0 bridgehead atoms. The molecule has 16 heavy (non-hydrogen) atoms. The quantitative estimate of drug-likeness (QED) is 0.783. The topological polar surface area (TPSA) is 40.7 Å². The fourth-order valence-electron chi connectivity index (χ4n) is 1.14. The number of H-pyrrole nitrogens is 1. The molecule has 0 saturated heterocycles. The maximum atomic E-state index is 6.05. The number of anilines is 2. The monoisotopic (exact) mass is 335 g/mol. The van der Waals surface area contributed by atoms with E-state index in [4.69, 9.17) is 23.8 Å². The molecule has 84 valence electrons. The van der Waals surface area contributed by atoms with Crippen molar-refractivity contribution in [2.24, 2.45) is 0 Å². The standard InChI is InChI=1S/C9H7BrClN3S2/c1-4-2-5(10)7(3-6(4)11)12-8-13-14-9(15)16-8/h2-3H,1H3,(H,12,13)(H,14,15). The summed E-state index contributed by atoms with van der Waals surface area (Å²) in [7, 11) is 0. The molecule has 0 fully saturated rings. The Labute approximate surface area is 115 Å². The van der Waals surface area contributed by atoms with Crippen molar-refractivity contribution in [1.29, 1.82) is 0 Å². The molecule has 3 nitrogen and oxygen atoms in total. The van der Waals surface area contributed by atoms with Crippen LogP contribution in [0.2, 0.25) is 5.02 Å². The van der Waals surface area contributed by atoms with Gasteiger partial charge in [-0.15, -0.1) is 5.10 Å². The zero-order valence-electron chi connectivity index (χ0n) is 8.17. The molecule has 0 atom stereocenters. The van der Waals surface area contributed by atoms with E-state index in [1.165, 1.54) is 11.3 Å². The first-order chi connectivity index (χ1) is 7.56. The van der Waals surface area contributed by atoms with Gasteiger partial charge in [0.1, 0.15) is 0 Å². The van der Waals surface area contributed by atoms with Crippen LogP contribution in [0.1, 0.15) is 5.56 Å². The fourth-order valence-corrected chi connectivity index (χ4v) is 2.66. The van der Waals surface area contributed by atoms with E-state index < -0.39 is 0 Å². The van der Waals surface area contributed by atoms with Gasteiger partial charge in [-0.1, -0.05) is 22.9 Å². The van der Waals surface area contributed by atoms with Crippen LogP contribution in [0.5, 0.6) is 0 Å². The SMILES string of the molecule is Cc1cc(Br)c(Nc2n[nH]c(=S)s2)cc1Cl. The first-order valence-corrected chi connectivity index (χ1v) is 6.74. The Morgan fingerprint density at radius 3 is 2.94 bits per heavy atom. The second-order valence-electron chi connectivity index (χ2n) is 3.12. The Morgan fingerprint density at radius 1 is 1.56 bits per heavy atom. The summed E-state index contributed by atoms with van der Waals surface area (Å²) >= 11 is 15.8. The first kappa shape index (κ1) is 12.0. The normalized spacial score (nSPS) is 10.4. The molecule has 2 N–H and O–H groups in total. The molecular formula is C9H7BrClN3S2. The van der Waals surface area contributed by atoms with Crippen LogP contribution in [-0.4, -0.2) is 10.2 Å². The highest BCUT2D eigenvalue weighted by Crippen LogP contribution is 2.31. The second-order valence-corrected chi connectivity index (χ2v) is 6.05. The summed E-state index contributed by atoms with van der Waals surface area (Å²) in [6.07, 6.45) is 0. The van der Waals surface area contributed by atoms with Gasteiger partial charge in [0.2, 0.25) is 5.13 Å². The molecule has 0 amide bonds. The minimum atomic E-state index is 0.636. The van der Waals surface area contributed by atoms with Gasteiger partial charge in [-0.05, 0) is 52.8 Å². The number of rotatable bonds is 2. The summed E-state index contributed by atoms with van der Waals surface area (Å²) < 4.78 is 1.58. The molecule has 1 aromatic carbocycles. The van der Waals surface area contributed by atoms with Crippen molar-refractivity contribution in [3.8, 4) is 0 Å². The number of nitrogens with zero attached hydrogens (tertiary/aromatic N) is 1. The van der Waals surface area contributed by atoms with E-state index in [1.807, 2.05) is 19.1 Å². The Hall–Kier alpha value is -0.430. The average Bonchev–Trinajstić information content (AvgIpc) is 2.60. The Bertz CT molecular complexity index is 578. The zero-order chi connectivity index (χ0) is 11.7. The largest absolute Gasteiger partial charge is 0.329 e. The molecule has 7 heteroatoms. The second kappa shape index (κ2) is 4.83. The number of aryl methyl sites for hydroxylation is 1. The molecule has 0 unspecified atom stereocenters. The molecular weight excluding hydrogens is 330 g/mol. The lowest BCUT2D eigenvalue weighted by Crippen LogP contribution is -1.92. The van der Waals surface area contributed by atoms with Crippen LogP contribution in [-0.2, 0) is 0 Å². The van der Waals surface area contributed by atoms with Crippen LogP contribution >= 0.6 is 51.1 Å². The summed E-state index contributed by atoms with van der Waals surface area (Å²) in [5.74, 6) is 0. The lowest BCUT2D eigenvalue weighted by molar-refractivity contribution is 1.08. The lowest BCUT2D eigenvalue weighted by atomic mass is 10.2. The molecule has 1 aromatic heterocycles. The van der Waals surface area contributed by atoms with Crippen LogP contribution in [0.4, 0.5) is 10.8 Å². The molecule has 0 radical (unpaired) electrons. The van der Waals surface area contributed by atoms with Gasteiger partial charge in [0.25, 0.3) is 0 Å². The molecule has 0 aliphatic heterocycles. The van der Waals surface area contributed by atoms with Gasteiger partial charge in [-0.2, -0.15) is 0 Å². The zero-order valence-corrected chi connectivity index (χ0v) is 12.1. The highest BCUT2D eigenvalue weighted by Gasteiger charge is 2.06. The molecule has 0 spiro atoms. The van der Waals surface area contributed by atoms with Gasteiger partial charge in [0.05, 0.1) is 5.69 Å². The van der Waals surface area contributed by atoms with E-state index in [9.17, 15) is 0 Å². The minimum absolute atomic E-state index is 0.636. The molecule has 0 saturated carbocycles. The van der Waals surface area contributed by atoms with E-state index in [2.05, 4.69) is 31.4 Å². The molecule has 0 aliphatic carbocycles. The highest BCUT2D eigenvalue weighted by molar-refractivity contribution is 9.10. The van der Waals surface area contributed by atoms with Crippen molar-refractivity contribution < 1.29 is 0 Å². The first-order valence-electron chi connectivity index (χ1n) is 4.34. The van der Waals surface area contributed by atoms with Gasteiger partial charge >= 0.3 is 0 Å². The van der Waals surface area contributed by atoms with E-state index in [0.29, 0.717) is 14.1 Å². The van der Waals surface area contributed by atoms with Crippen LogP contribution in [0, 0.1) is 10.9 Å². The van der Waals surface area contributed by atoms with Crippen molar-refractivity contribution in [3.05, 3.63) is 31.1 Å². The van der Waals surface area contributed by atoms with Gasteiger partial charge < -0.3 is 5.32 Å². The highest BCUT2D eigenvalue weighted by atomic mass is 79.9. The van der Waals surface area contributed by atoms with E-state index in [-0.39, 0.29) is 0 Å². The van der Waals surface area contributed by atoms with Gasteiger partial charge in [0.15, 0.2) is 3.95 Å². The summed E-state index contributed by atoms with van der Waals surface area (Å²) in [5, 5.41) is 11.3. The van der Waals surface area contributed by atoms with Gasteiger partial charge in [0, 0.05) is 9.50 Å². The lowest BCUT2D eigenvalue weighted by Gasteiger charge is -2.07. The number of benzene rings is 1. The third kappa shape index (κ3) is 2.63. The van der Waals surface area contributed by atoms with Crippen LogP contribution in [0.25, 0.3) is 0 Å². The average molecular weight is 337 g/mol. The fraction of sp³-hybridized carbons (Fsp3) is 0.111. The summed E-state index contributed by atoms with van der Waals surface area (Å²) in [6.45, 7) is 1.95. The smallest absolute Gasteiger partial charge is 0.208 e. The number of hydrogen-bond acceptors (Lipinski definition) is 4. The molecule has 2 rings (SSSR count). The molecule has 0 aliphatic rings. The van der Waals surface area contributed by atoms with Crippen molar-refractivity contribution in [1.82, 2.24) is 10.2 Å². The Morgan fingerprint density at radius 2 is 2.31 bits per heavy atom. The Kier molecular flexibility index (Phi) is 3.63. The van der Waals surface area contributed by atoms with Crippen molar-refractivity contribution in [3.63, 3.8) is 0 Å². The van der Waals surface area contributed by atoms with Crippen LogP contribution < -0.4 is 5.32 Å². The van der Waals surface area contributed by atoms with Crippen molar-refractivity contribution in [2.75, 3.05) is 5.32 Å². The van der Waals surface area contributed by atoms with E-state index in [0.717, 1.165) is 15.7 Å². The summed E-state index contributed by atoms with van der Waals surface area (Å²) in [4.78, 5) is 0. The number of halogens is 2. The minimum Gasteiger partial charge on any atom is -0.329 e. The molecule has 2 aromatic rings. The third-order valence-corrected chi connectivity index (χ3v) is 4.00. The maximum Gasteiger partial charge on any atom is 0.208 e. The summed E-state index contributed by atoms with van der Waals surface area (Å²) in [6, 6.07) is 3.81. The Balaban J connectivity index is 2.34. The van der Waals surface area contributed by atoms with Gasteiger partial charge in [-0.3, -0.25) is 5.10 Å². The number of nitrogens with one attached hydrogen (secondary N) is 2. The number of aromatic amines is 1.